The maximum atomic E-state index is 12.7. The lowest BCUT2D eigenvalue weighted by Gasteiger charge is -2.07. The van der Waals surface area contributed by atoms with Crippen molar-refractivity contribution in [3.05, 3.63) is 71.3 Å². The zero-order valence-electron chi connectivity index (χ0n) is 15.0. The van der Waals surface area contributed by atoms with Crippen molar-refractivity contribution >= 4 is 17.3 Å². The van der Waals surface area contributed by atoms with Crippen molar-refractivity contribution in [1.29, 1.82) is 0 Å². The van der Waals surface area contributed by atoms with E-state index >= 15 is 0 Å². The molecule has 0 saturated heterocycles. The summed E-state index contributed by atoms with van der Waals surface area (Å²) in [5.74, 6) is -0.381. The van der Waals surface area contributed by atoms with Crippen LogP contribution in [0.25, 0.3) is 5.52 Å². The molecular weight excluding hydrogens is 328 g/mol. The van der Waals surface area contributed by atoms with Crippen LogP contribution in [0, 0.1) is 6.92 Å². The van der Waals surface area contributed by atoms with Crippen LogP contribution in [0.1, 0.15) is 45.6 Å². The van der Waals surface area contributed by atoms with E-state index in [1.807, 2.05) is 44.2 Å². The third kappa shape index (κ3) is 3.59. The van der Waals surface area contributed by atoms with Crippen LogP contribution in [-0.2, 0) is 6.54 Å². The molecule has 0 radical (unpaired) electrons. The van der Waals surface area contributed by atoms with Gasteiger partial charge < -0.3 is 10.6 Å². The Morgan fingerprint density at radius 3 is 2.58 bits per heavy atom. The Labute approximate surface area is 152 Å². The minimum atomic E-state index is -0.316. The maximum absolute atomic E-state index is 12.7. The molecule has 0 aliphatic carbocycles. The molecule has 134 valence electrons. The predicted molar refractivity (Wildman–Crippen MR) is 100 cm³/mol. The van der Waals surface area contributed by atoms with E-state index in [4.69, 9.17) is 0 Å². The summed E-state index contributed by atoms with van der Waals surface area (Å²) in [6.07, 6.45) is 2.57. The van der Waals surface area contributed by atoms with E-state index in [-0.39, 0.29) is 23.3 Å². The summed E-state index contributed by atoms with van der Waals surface area (Å²) in [6, 6.07) is 13.3. The van der Waals surface area contributed by atoms with E-state index in [0.29, 0.717) is 18.6 Å². The second kappa shape index (κ2) is 7.82. The average Bonchev–Trinajstić information content (AvgIpc) is 3.05. The molecule has 2 heterocycles. The molecule has 0 saturated carbocycles. The number of aromatic nitrogens is 2. The van der Waals surface area contributed by atoms with E-state index in [2.05, 4.69) is 15.6 Å². The lowest BCUT2D eigenvalue weighted by atomic mass is 10.1. The Morgan fingerprint density at radius 1 is 1.04 bits per heavy atom. The third-order valence-corrected chi connectivity index (χ3v) is 4.20. The zero-order valence-corrected chi connectivity index (χ0v) is 15.0. The van der Waals surface area contributed by atoms with Gasteiger partial charge in [0.2, 0.25) is 5.82 Å². The molecule has 0 unspecified atom stereocenters. The van der Waals surface area contributed by atoms with Gasteiger partial charge in [0.25, 0.3) is 11.8 Å². The first-order chi connectivity index (χ1) is 12.6. The minimum absolute atomic E-state index is 0.204. The Bertz CT molecular complexity index is 946. The van der Waals surface area contributed by atoms with Crippen LogP contribution >= 0.6 is 0 Å². The van der Waals surface area contributed by atoms with Gasteiger partial charge >= 0.3 is 0 Å². The quantitative estimate of drug-likeness (QED) is 0.718. The molecule has 3 aromatic rings. The number of amides is 2. The number of nitrogens with zero attached hydrogens (tertiary/aromatic N) is 2. The number of fused-ring (bicyclic) bond motifs is 1. The van der Waals surface area contributed by atoms with Crippen molar-refractivity contribution in [3.63, 3.8) is 0 Å². The fraction of sp³-hybridized carbons (Fsp3) is 0.250. The predicted octanol–water partition coefficient (Wildman–Crippen LogP) is 2.71. The number of rotatable bonds is 6. The molecule has 1 aromatic carbocycles. The number of benzene rings is 1. The van der Waals surface area contributed by atoms with Crippen molar-refractivity contribution < 1.29 is 9.59 Å². The Hall–Kier alpha value is -3.15. The molecule has 0 atom stereocenters. The lowest BCUT2D eigenvalue weighted by Crippen LogP contribution is -2.26. The maximum Gasteiger partial charge on any atom is 0.287 e. The summed E-state index contributed by atoms with van der Waals surface area (Å²) in [6.45, 7) is 4.96. The molecule has 2 N–H and O–H groups in total. The monoisotopic (exact) mass is 350 g/mol. The molecule has 0 spiro atoms. The van der Waals surface area contributed by atoms with Gasteiger partial charge in [-0.15, -0.1) is 0 Å². The standard InChI is InChI=1S/C20H22N4O2/c1-3-11-21-19(25)17-16-10-6-7-12-24(16)18(23-17)20(26)22-13-15-9-5-4-8-14(15)2/h4-10,12H,3,11,13H2,1-2H3,(H,21,25)(H,22,26). The number of imidazole rings is 1. The first-order valence-electron chi connectivity index (χ1n) is 8.69. The molecule has 6 nitrogen and oxygen atoms in total. The highest BCUT2D eigenvalue weighted by Crippen LogP contribution is 2.14. The molecular formula is C20H22N4O2. The largest absolute Gasteiger partial charge is 0.351 e. The van der Waals surface area contributed by atoms with Gasteiger partial charge in [0.15, 0.2) is 5.69 Å². The normalized spacial score (nSPS) is 10.7. The molecule has 0 fully saturated rings. The molecule has 6 heteroatoms. The first-order valence-corrected chi connectivity index (χ1v) is 8.69. The molecule has 26 heavy (non-hydrogen) atoms. The van der Waals surface area contributed by atoms with Gasteiger partial charge in [-0.25, -0.2) is 4.98 Å². The number of hydrogen-bond donors (Lipinski definition) is 2. The van der Waals surface area contributed by atoms with E-state index in [0.717, 1.165) is 17.5 Å². The van der Waals surface area contributed by atoms with Gasteiger partial charge in [-0.2, -0.15) is 0 Å². The highest BCUT2D eigenvalue weighted by Gasteiger charge is 2.21. The van der Waals surface area contributed by atoms with Gasteiger partial charge in [0, 0.05) is 19.3 Å². The van der Waals surface area contributed by atoms with Crippen LogP contribution in [0.5, 0.6) is 0 Å². The zero-order chi connectivity index (χ0) is 18.5. The van der Waals surface area contributed by atoms with Gasteiger partial charge in [-0.3, -0.25) is 14.0 Å². The van der Waals surface area contributed by atoms with E-state index in [9.17, 15) is 9.59 Å². The Kier molecular flexibility index (Phi) is 5.31. The molecule has 2 aromatic heterocycles. The lowest BCUT2D eigenvalue weighted by molar-refractivity contribution is 0.0939. The van der Waals surface area contributed by atoms with Gasteiger partial charge in [0.05, 0.1) is 5.52 Å². The summed E-state index contributed by atoms with van der Waals surface area (Å²) >= 11 is 0. The number of nitrogens with one attached hydrogen (secondary N) is 2. The molecule has 3 rings (SSSR count). The van der Waals surface area contributed by atoms with Gasteiger partial charge in [0.1, 0.15) is 0 Å². The van der Waals surface area contributed by atoms with Crippen LogP contribution in [0.4, 0.5) is 0 Å². The van der Waals surface area contributed by atoms with Gasteiger partial charge in [-0.1, -0.05) is 37.3 Å². The smallest absolute Gasteiger partial charge is 0.287 e. The van der Waals surface area contributed by atoms with Crippen LogP contribution in [-0.4, -0.2) is 27.7 Å². The third-order valence-electron chi connectivity index (χ3n) is 4.20. The SMILES string of the molecule is CCCNC(=O)c1nc(C(=O)NCc2ccccc2C)n2ccccc12. The first kappa shape index (κ1) is 17.7. The fourth-order valence-corrected chi connectivity index (χ4v) is 2.75. The van der Waals surface area contributed by atoms with Crippen molar-refractivity contribution in [2.75, 3.05) is 6.54 Å². The van der Waals surface area contributed by atoms with Crippen molar-refractivity contribution in [1.82, 2.24) is 20.0 Å². The number of carbonyl (C=O) groups is 2. The number of hydrogen-bond acceptors (Lipinski definition) is 3. The van der Waals surface area contributed by atoms with Crippen molar-refractivity contribution in [2.24, 2.45) is 0 Å². The fourth-order valence-electron chi connectivity index (χ4n) is 2.75. The second-order valence-corrected chi connectivity index (χ2v) is 6.10. The Morgan fingerprint density at radius 2 is 1.81 bits per heavy atom. The van der Waals surface area contributed by atoms with Crippen LogP contribution in [0.15, 0.2) is 48.7 Å². The van der Waals surface area contributed by atoms with Crippen LogP contribution < -0.4 is 10.6 Å². The molecule has 0 bridgehead atoms. The van der Waals surface area contributed by atoms with Crippen molar-refractivity contribution in [3.8, 4) is 0 Å². The minimum Gasteiger partial charge on any atom is -0.351 e. The Balaban J connectivity index is 1.86. The molecule has 0 aliphatic heterocycles. The van der Waals surface area contributed by atoms with E-state index in [1.54, 1.807) is 22.7 Å². The van der Waals surface area contributed by atoms with Crippen LogP contribution in [0.2, 0.25) is 0 Å². The number of carbonyl (C=O) groups excluding carboxylic acids is 2. The second-order valence-electron chi connectivity index (χ2n) is 6.10. The summed E-state index contributed by atoms with van der Waals surface area (Å²) in [4.78, 5) is 29.3. The molecule has 2 amide bonds. The van der Waals surface area contributed by atoms with Gasteiger partial charge in [-0.05, 0) is 36.6 Å². The van der Waals surface area contributed by atoms with Crippen LogP contribution in [0.3, 0.4) is 0 Å². The summed E-state index contributed by atoms with van der Waals surface area (Å²) in [5, 5.41) is 5.70. The highest BCUT2D eigenvalue weighted by atomic mass is 16.2. The number of pyridine rings is 1. The topological polar surface area (TPSA) is 75.5 Å². The van der Waals surface area contributed by atoms with E-state index < -0.39 is 0 Å². The summed E-state index contributed by atoms with van der Waals surface area (Å²) < 4.78 is 1.65. The van der Waals surface area contributed by atoms with E-state index in [1.165, 1.54) is 0 Å². The molecule has 0 aliphatic rings. The average molecular weight is 350 g/mol. The van der Waals surface area contributed by atoms with Crippen molar-refractivity contribution in [2.45, 2.75) is 26.8 Å². The summed E-state index contributed by atoms with van der Waals surface area (Å²) in [7, 11) is 0. The summed E-state index contributed by atoms with van der Waals surface area (Å²) in [5.41, 5.74) is 3.03. The highest BCUT2D eigenvalue weighted by molar-refractivity contribution is 6.02. The number of aryl methyl sites for hydroxylation is 1.